The first kappa shape index (κ1) is 14.6. The Morgan fingerprint density at radius 2 is 2.09 bits per heavy atom. The number of benzene rings is 1. The third kappa shape index (κ3) is 2.25. The highest BCUT2D eigenvalue weighted by atomic mass is 35.5. The molecular formula is C17H17ClN4. The summed E-state index contributed by atoms with van der Waals surface area (Å²) >= 11 is 0. The molecule has 4 rings (SSSR count). The summed E-state index contributed by atoms with van der Waals surface area (Å²) in [6.07, 6.45) is 7.00. The lowest BCUT2D eigenvalue weighted by molar-refractivity contribution is -0.386. The van der Waals surface area contributed by atoms with Crippen LogP contribution in [0.15, 0.2) is 42.9 Å². The van der Waals surface area contributed by atoms with Crippen LogP contribution in [0.3, 0.4) is 0 Å². The standard InChI is InChI=1S/C17H16N4.ClH/c1-11-17-16(14-5-3-4-6-15(14)20-17)13(9-18-11)7-12-8-19-21(2)10-12;/h3-6,8-10,20H,7H2,1-2H3;1H. The van der Waals surface area contributed by atoms with E-state index in [1.165, 1.54) is 32.9 Å². The van der Waals surface area contributed by atoms with E-state index in [1.807, 2.05) is 17.9 Å². The lowest BCUT2D eigenvalue weighted by Gasteiger charge is -2.00. The molecule has 5 heteroatoms. The van der Waals surface area contributed by atoms with Crippen molar-refractivity contribution < 1.29 is 17.4 Å². The van der Waals surface area contributed by atoms with Gasteiger partial charge in [0.15, 0.2) is 6.20 Å². The van der Waals surface area contributed by atoms with Gasteiger partial charge in [-0.05, 0) is 11.6 Å². The average Bonchev–Trinajstić information content (AvgIpc) is 3.06. The molecule has 0 radical (unpaired) electrons. The van der Waals surface area contributed by atoms with E-state index in [0.29, 0.717) is 0 Å². The SMILES string of the molecule is Cc1[nH+]cc(Cc2cnn(C)c2)c2c1[nH]c1ccccc12.[Cl-]. The first-order valence-electron chi connectivity index (χ1n) is 7.10. The van der Waals surface area contributed by atoms with E-state index < -0.39 is 0 Å². The second kappa shape index (κ2) is 5.46. The summed E-state index contributed by atoms with van der Waals surface area (Å²) in [7, 11) is 1.95. The number of pyridine rings is 1. The zero-order chi connectivity index (χ0) is 14.4. The highest BCUT2D eigenvalue weighted by molar-refractivity contribution is 6.09. The van der Waals surface area contributed by atoms with Gasteiger partial charge in [0.1, 0.15) is 5.52 Å². The number of para-hydroxylation sites is 1. The molecule has 2 N–H and O–H groups in total. The molecule has 0 unspecified atom stereocenters. The van der Waals surface area contributed by atoms with Gasteiger partial charge in [-0.15, -0.1) is 0 Å². The van der Waals surface area contributed by atoms with Crippen LogP contribution in [0.2, 0.25) is 0 Å². The van der Waals surface area contributed by atoms with E-state index in [-0.39, 0.29) is 12.4 Å². The molecule has 3 aromatic heterocycles. The molecule has 3 heterocycles. The number of aromatic amines is 2. The van der Waals surface area contributed by atoms with E-state index in [1.54, 1.807) is 0 Å². The predicted octanol–water partition coefficient (Wildman–Crippen LogP) is -0.228. The highest BCUT2D eigenvalue weighted by Crippen LogP contribution is 2.29. The molecular weight excluding hydrogens is 296 g/mol. The zero-order valence-corrected chi connectivity index (χ0v) is 13.3. The molecule has 22 heavy (non-hydrogen) atoms. The predicted molar refractivity (Wildman–Crippen MR) is 83.1 cm³/mol. The number of rotatable bonds is 2. The summed E-state index contributed by atoms with van der Waals surface area (Å²) in [5.41, 5.74) is 6.05. The molecule has 0 aliphatic carbocycles. The molecule has 0 aliphatic heterocycles. The zero-order valence-electron chi connectivity index (χ0n) is 12.5. The maximum atomic E-state index is 4.26. The van der Waals surface area contributed by atoms with Crippen LogP contribution >= 0.6 is 0 Å². The summed E-state index contributed by atoms with van der Waals surface area (Å²) in [6.45, 7) is 2.10. The van der Waals surface area contributed by atoms with Crippen LogP contribution in [0, 0.1) is 6.92 Å². The Kier molecular flexibility index (Phi) is 3.62. The Hall–Kier alpha value is -2.33. The number of aromatic nitrogens is 4. The number of aryl methyl sites for hydroxylation is 2. The van der Waals surface area contributed by atoms with Crippen molar-refractivity contribution in [2.45, 2.75) is 13.3 Å². The molecule has 112 valence electrons. The third-order valence-corrected chi connectivity index (χ3v) is 4.02. The Labute approximate surface area is 134 Å². The fourth-order valence-electron chi connectivity index (χ4n) is 3.02. The molecule has 0 fully saturated rings. The molecule has 0 aliphatic rings. The van der Waals surface area contributed by atoms with E-state index in [9.17, 15) is 0 Å². The van der Waals surface area contributed by atoms with E-state index in [4.69, 9.17) is 0 Å². The van der Waals surface area contributed by atoms with Gasteiger partial charge in [0, 0.05) is 48.4 Å². The van der Waals surface area contributed by atoms with Gasteiger partial charge in [0.05, 0.1) is 6.20 Å². The molecule has 4 aromatic rings. The van der Waals surface area contributed by atoms with Gasteiger partial charge < -0.3 is 17.4 Å². The Balaban J connectivity index is 0.00000144. The monoisotopic (exact) mass is 312 g/mol. The average molecular weight is 313 g/mol. The summed E-state index contributed by atoms with van der Waals surface area (Å²) < 4.78 is 1.85. The number of nitrogens with zero attached hydrogens (tertiary/aromatic N) is 2. The first-order valence-corrected chi connectivity index (χ1v) is 7.10. The van der Waals surface area contributed by atoms with E-state index in [0.717, 1.165) is 12.1 Å². The normalized spacial score (nSPS) is 11.0. The molecule has 4 nitrogen and oxygen atoms in total. The fraction of sp³-hybridized carbons (Fsp3) is 0.176. The number of halogens is 1. The molecule has 0 atom stereocenters. The first-order chi connectivity index (χ1) is 10.2. The Morgan fingerprint density at radius 3 is 2.86 bits per heavy atom. The Bertz CT molecular complexity index is 952. The maximum Gasteiger partial charge on any atom is 0.200 e. The second-order valence-electron chi connectivity index (χ2n) is 5.56. The quantitative estimate of drug-likeness (QED) is 0.546. The largest absolute Gasteiger partial charge is 1.00 e. The summed E-state index contributed by atoms with van der Waals surface area (Å²) in [4.78, 5) is 6.90. The van der Waals surface area contributed by atoms with E-state index in [2.05, 4.69) is 58.6 Å². The van der Waals surface area contributed by atoms with Crippen LogP contribution in [-0.4, -0.2) is 14.8 Å². The minimum atomic E-state index is 0. The topological polar surface area (TPSA) is 47.8 Å². The van der Waals surface area contributed by atoms with Crippen molar-refractivity contribution in [1.82, 2.24) is 14.8 Å². The third-order valence-electron chi connectivity index (χ3n) is 4.02. The summed E-state index contributed by atoms with van der Waals surface area (Å²) in [5, 5.41) is 6.85. The fourth-order valence-corrected chi connectivity index (χ4v) is 3.02. The number of hydrogen-bond donors (Lipinski definition) is 1. The number of hydrogen-bond acceptors (Lipinski definition) is 1. The van der Waals surface area contributed by atoms with Crippen LogP contribution < -0.4 is 17.4 Å². The van der Waals surface area contributed by atoms with Crippen molar-refractivity contribution >= 4 is 21.8 Å². The number of nitrogens with one attached hydrogen (secondary N) is 2. The van der Waals surface area contributed by atoms with Crippen LogP contribution in [-0.2, 0) is 13.5 Å². The maximum absolute atomic E-state index is 4.26. The van der Waals surface area contributed by atoms with Crippen molar-refractivity contribution in [1.29, 1.82) is 0 Å². The minimum Gasteiger partial charge on any atom is -1.00 e. The molecule has 0 saturated carbocycles. The van der Waals surface area contributed by atoms with Crippen LogP contribution in [0.1, 0.15) is 16.8 Å². The lowest BCUT2D eigenvalue weighted by Crippen LogP contribution is -3.00. The van der Waals surface area contributed by atoms with E-state index >= 15 is 0 Å². The van der Waals surface area contributed by atoms with Gasteiger partial charge in [-0.25, -0.2) is 4.98 Å². The molecule has 0 amide bonds. The van der Waals surface area contributed by atoms with Crippen LogP contribution in [0.25, 0.3) is 21.8 Å². The van der Waals surface area contributed by atoms with Crippen molar-refractivity contribution in [2.24, 2.45) is 7.05 Å². The van der Waals surface area contributed by atoms with Gasteiger partial charge in [-0.3, -0.25) is 4.68 Å². The highest BCUT2D eigenvalue weighted by Gasteiger charge is 2.15. The smallest absolute Gasteiger partial charge is 0.200 e. The minimum absolute atomic E-state index is 0. The van der Waals surface area contributed by atoms with Gasteiger partial charge in [0.25, 0.3) is 0 Å². The molecule has 0 spiro atoms. The lowest BCUT2D eigenvalue weighted by atomic mass is 10.0. The van der Waals surface area contributed by atoms with Gasteiger partial charge in [-0.2, -0.15) is 5.10 Å². The summed E-state index contributed by atoms with van der Waals surface area (Å²) in [6, 6.07) is 8.47. The van der Waals surface area contributed by atoms with Crippen molar-refractivity contribution in [3.8, 4) is 0 Å². The molecule has 1 aromatic carbocycles. The van der Waals surface area contributed by atoms with Crippen molar-refractivity contribution in [3.63, 3.8) is 0 Å². The van der Waals surface area contributed by atoms with Gasteiger partial charge in [-0.1, -0.05) is 18.2 Å². The van der Waals surface area contributed by atoms with Crippen molar-refractivity contribution in [2.75, 3.05) is 0 Å². The molecule has 0 saturated heterocycles. The molecule has 0 bridgehead atoms. The number of fused-ring (bicyclic) bond motifs is 3. The second-order valence-corrected chi connectivity index (χ2v) is 5.56. The number of H-pyrrole nitrogens is 2. The van der Waals surface area contributed by atoms with Gasteiger partial charge in [0.2, 0.25) is 5.69 Å². The van der Waals surface area contributed by atoms with Gasteiger partial charge >= 0.3 is 0 Å². The van der Waals surface area contributed by atoms with Crippen LogP contribution in [0.4, 0.5) is 0 Å². The van der Waals surface area contributed by atoms with Crippen LogP contribution in [0.5, 0.6) is 0 Å². The summed E-state index contributed by atoms with van der Waals surface area (Å²) in [5.74, 6) is 0. The van der Waals surface area contributed by atoms with Crippen molar-refractivity contribution in [3.05, 3.63) is 59.7 Å². The Morgan fingerprint density at radius 1 is 1.27 bits per heavy atom.